The van der Waals surface area contributed by atoms with Gasteiger partial charge in [-0.05, 0) is 66.2 Å². The predicted octanol–water partition coefficient (Wildman–Crippen LogP) is 10.5. The van der Waals surface area contributed by atoms with E-state index in [1.807, 2.05) is 0 Å². The SMILES string of the molecule is CCCCCCCCCCCC1CCC(c2ccc(-c3ccc(CCC)cc3)cc2)CC1. The van der Waals surface area contributed by atoms with Crippen LogP contribution in [0.2, 0.25) is 0 Å². The Balaban J connectivity index is 1.33. The van der Waals surface area contributed by atoms with Gasteiger partial charge in [0.2, 0.25) is 0 Å². The van der Waals surface area contributed by atoms with Crippen LogP contribution in [0.4, 0.5) is 0 Å². The van der Waals surface area contributed by atoms with E-state index in [4.69, 9.17) is 0 Å². The lowest BCUT2D eigenvalue weighted by Crippen LogP contribution is -2.13. The molecular formula is C32H48. The van der Waals surface area contributed by atoms with E-state index in [9.17, 15) is 0 Å². The predicted molar refractivity (Wildman–Crippen MR) is 142 cm³/mol. The van der Waals surface area contributed by atoms with Crippen molar-refractivity contribution >= 4 is 0 Å². The number of hydrogen-bond acceptors (Lipinski definition) is 0. The first-order chi connectivity index (χ1) is 15.8. The molecule has 1 aliphatic rings. The molecule has 0 radical (unpaired) electrons. The average Bonchev–Trinajstić information content (AvgIpc) is 2.84. The van der Waals surface area contributed by atoms with Crippen LogP contribution in [0.5, 0.6) is 0 Å². The van der Waals surface area contributed by atoms with E-state index >= 15 is 0 Å². The quantitative estimate of drug-likeness (QED) is 0.260. The van der Waals surface area contributed by atoms with Crippen molar-refractivity contribution in [3.8, 4) is 11.1 Å². The summed E-state index contributed by atoms with van der Waals surface area (Å²) in [5, 5.41) is 0. The first kappa shape index (κ1) is 25.1. The van der Waals surface area contributed by atoms with Gasteiger partial charge < -0.3 is 0 Å². The molecule has 1 saturated carbocycles. The summed E-state index contributed by atoms with van der Waals surface area (Å²) in [7, 11) is 0. The molecule has 1 fully saturated rings. The Morgan fingerprint density at radius 1 is 0.562 bits per heavy atom. The van der Waals surface area contributed by atoms with Gasteiger partial charge in [0.05, 0.1) is 0 Å². The van der Waals surface area contributed by atoms with Gasteiger partial charge in [-0.3, -0.25) is 0 Å². The van der Waals surface area contributed by atoms with Gasteiger partial charge in [0.15, 0.2) is 0 Å². The molecule has 0 spiro atoms. The maximum atomic E-state index is 2.40. The topological polar surface area (TPSA) is 0 Å². The van der Waals surface area contributed by atoms with Crippen LogP contribution >= 0.6 is 0 Å². The minimum Gasteiger partial charge on any atom is -0.0654 e. The van der Waals surface area contributed by atoms with Crippen LogP contribution in [0, 0.1) is 5.92 Å². The molecule has 2 aromatic rings. The van der Waals surface area contributed by atoms with Crippen LogP contribution < -0.4 is 0 Å². The minimum absolute atomic E-state index is 0.787. The summed E-state index contributed by atoms with van der Waals surface area (Å²) in [6.07, 6.45) is 22.6. The second-order valence-corrected chi connectivity index (χ2v) is 10.4. The highest BCUT2D eigenvalue weighted by molar-refractivity contribution is 5.64. The maximum absolute atomic E-state index is 2.40. The van der Waals surface area contributed by atoms with Crippen LogP contribution in [-0.4, -0.2) is 0 Å². The molecule has 0 aromatic heterocycles. The van der Waals surface area contributed by atoms with Gasteiger partial charge in [0, 0.05) is 0 Å². The molecule has 0 aliphatic heterocycles. The monoisotopic (exact) mass is 432 g/mol. The summed E-state index contributed by atoms with van der Waals surface area (Å²) < 4.78 is 0. The number of rotatable bonds is 14. The number of benzene rings is 2. The normalized spacial score (nSPS) is 18.7. The fourth-order valence-corrected chi connectivity index (χ4v) is 5.63. The van der Waals surface area contributed by atoms with E-state index < -0.39 is 0 Å². The van der Waals surface area contributed by atoms with Crippen LogP contribution in [0.1, 0.15) is 127 Å². The standard InChI is InChI=1S/C32H48/c1-3-5-6-7-8-9-10-11-12-14-28-17-21-30(22-18-28)32-25-23-31(24-26-32)29-19-15-27(13-4-2)16-20-29/h15-16,19-20,23-26,28,30H,3-14,17-18,21-22H2,1-2H3. The van der Waals surface area contributed by atoms with Crippen molar-refractivity contribution in [1.29, 1.82) is 0 Å². The lowest BCUT2D eigenvalue weighted by molar-refractivity contribution is 0.302. The molecule has 0 bridgehead atoms. The molecule has 0 N–H and O–H groups in total. The zero-order chi connectivity index (χ0) is 22.4. The fourth-order valence-electron chi connectivity index (χ4n) is 5.63. The molecule has 32 heavy (non-hydrogen) atoms. The van der Waals surface area contributed by atoms with Crippen molar-refractivity contribution in [2.45, 2.75) is 122 Å². The smallest absolute Gasteiger partial charge is 0.0162 e. The highest BCUT2D eigenvalue weighted by Crippen LogP contribution is 2.38. The van der Waals surface area contributed by atoms with Gasteiger partial charge in [0.1, 0.15) is 0 Å². The molecule has 0 amide bonds. The summed E-state index contributed by atoms with van der Waals surface area (Å²) in [4.78, 5) is 0. The molecular weight excluding hydrogens is 384 g/mol. The van der Waals surface area contributed by atoms with E-state index in [2.05, 4.69) is 62.4 Å². The van der Waals surface area contributed by atoms with Crippen molar-refractivity contribution in [1.82, 2.24) is 0 Å². The zero-order valence-corrected chi connectivity index (χ0v) is 21.1. The molecule has 1 aliphatic carbocycles. The molecule has 2 aromatic carbocycles. The average molecular weight is 433 g/mol. The van der Waals surface area contributed by atoms with E-state index in [1.54, 1.807) is 5.56 Å². The maximum Gasteiger partial charge on any atom is -0.0162 e. The largest absolute Gasteiger partial charge is 0.0654 e. The van der Waals surface area contributed by atoms with Gasteiger partial charge in [-0.2, -0.15) is 0 Å². The first-order valence-corrected chi connectivity index (χ1v) is 14.0. The molecule has 0 atom stereocenters. The Hall–Kier alpha value is -1.56. The van der Waals surface area contributed by atoms with Gasteiger partial charge in [-0.1, -0.05) is 133 Å². The Bertz CT molecular complexity index is 716. The number of hydrogen-bond donors (Lipinski definition) is 0. The third kappa shape index (κ3) is 8.42. The Kier molecular flexibility index (Phi) is 11.4. The van der Waals surface area contributed by atoms with E-state index in [-0.39, 0.29) is 0 Å². The van der Waals surface area contributed by atoms with Crippen LogP contribution in [-0.2, 0) is 6.42 Å². The first-order valence-electron chi connectivity index (χ1n) is 14.0. The van der Waals surface area contributed by atoms with Gasteiger partial charge in [-0.25, -0.2) is 0 Å². The second kappa shape index (κ2) is 14.6. The van der Waals surface area contributed by atoms with E-state index in [0.717, 1.165) is 11.8 Å². The lowest BCUT2D eigenvalue weighted by Gasteiger charge is -2.29. The van der Waals surface area contributed by atoms with Crippen LogP contribution in [0.25, 0.3) is 11.1 Å². The second-order valence-electron chi connectivity index (χ2n) is 10.4. The Morgan fingerprint density at radius 3 is 1.66 bits per heavy atom. The molecule has 0 heteroatoms. The van der Waals surface area contributed by atoms with Gasteiger partial charge in [-0.15, -0.1) is 0 Å². The van der Waals surface area contributed by atoms with Crippen LogP contribution in [0.15, 0.2) is 48.5 Å². The van der Waals surface area contributed by atoms with Gasteiger partial charge in [0.25, 0.3) is 0 Å². The highest BCUT2D eigenvalue weighted by Gasteiger charge is 2.22. The van der Waals surface area contributed by atoms with Crippen molar-refractivity contribution in [3.63, 3.8) is 0 Å². The molecule has 0 nitrogen and oxygen atoms in total. The van der Waals surface area contributed by atoms with E-state index in [1.165, 1.54) is 119 Å². The number of unbranched alkanes of at least 4 members (excludes halogenated alkanes) is 8. The van der Waals surface area contributed by atoms with Crippen molar-refractivity contribution < 1.29 is 0 Å². The van der Waals surface area contributed by atoms with Crippen LogP contribution in [0.3, 0.4) is 0 Å². The third-order valence-corrected chi connectivity index (χ3v) is 7.77. The van der Waals surface area contributed by atoms with E-state index in [0.29, 0.717) is 0 Å². The number of aryl methyl sites for hydroxylation is 1. The molecule has 0 heterocycles. The van der Waals surface area contributed by atoms with Gasteiger partial charge >= 0.3 is 0 Å². The highest BCUT2D eigenvalue weighted by atomic mass is 14.3. The fraction of sp³-hybridized carbons (Fsp3) is 0.625. The summed E-state index contributed by atoms with van der Waals surface area (Å²) in [6.45, 7) is 4.55. The molecule has 3 rings (SSSR count). The molecule has 0 saturated heterocycles. The molecule has 176 valence electrons. The zero-order valence-electron chi connectivity index (χ0n) is 21.1. The minimum atomic E-state index is 0.787. The van der Waals surface area contributed by atoms with Crippen molar-refractivity contribution in [2.75, 3.05) is 0 Å². The summed E-state index contributed by atoms with van der Waals surface area (Å²) >= 11 is 0. The summed E-state index contributed by atoms with van der Waals surface area (Å²) in [5.74, 6) is 1.78. The Morgan fingerprint density at radius 2 is 1.09 bits per heavy atom. The van der Waals surface area contributed by atoms with Crippen molar-refractivity contribution in [2.24, 2.45) is 5.92 Å². The summed E-state index contributed by atoms with van der Waals surface area (Å²) in [6, 6.07) is 18.7. The van der Waals surface area contributed by atoms with Crippen molar-refractivity contribution in [3.05, 3.63) is 59.7 Å². The third-order valence-electron chi connectivity index (χ3n) is 7.77. The molecule has 0 unspecified atom stereocenters. The summed E-state index contributed by atoms with van der Waals surface area (Å²) in [5.41, 5.74) is 5.72. The Labute approximate surface area is 199 Å². The lowest BCUT2D eigenvalue weighted by atomic mass is 9.77.